The number of halogens is 1. The number of anilines is 2. The summed E-state index contributed by atoms with van der Waals surface area (Å²) in [6.07, 6.45) is 2.87. The van der Waals surface area contributed by atoms with Crippen molar-refractivity contribution in [2.24, 2.45) is 0 Å². The zero-order valence-corrected chi connectivity index (χ0v) is 14.1. The fourth-order valence-electron chi connectivity index (χ4n) is 3.08. The van der Waals surface area contributed by atoms with Gasteiger partial charge in [0.15, 0.2) is 0 Å². The van der Waals surface area contributed by atoms with Crippen molar-refractivity contribution < 1.29 is 9.90 Å². The van der Waals surface area contributed by atoms with Gasteiger partial charge in [-0.25, -0.2) is 0 Å². The third-order valence-corrected chi connectivity index (χ3v) is 5.66. The molecule has 4 nitrogen and oxygen atoms in total. The molecule has 0 spiro atoms. The number of nitrogens with one attached hydrogen (secondary N) is 1. The highest BCUT2D eigenvalue weighted by molar-refractivity contribution is 7.99. The van der Waals surface area contributed by atoms with Gasteiger partial charge in [-0.05, 0) is 43.9 Å². The molecule has 120 valence electrons. The van der Waals surface area contributed by atoms with Gasteiger partial charge in [-0.1, -0.05) is 11.6 Å². The van der Waals surface area contributed by atoms with E-state index in [-0.39, 0.29) is 5.91 Å². The van der Waals surface area contributed by atoms with Crippen molar-refractivity contribution in [3.63, 3.8) is 0 Å². The topological polar surface area (TPSA) is 52.6 Å². The summed E-state index contributed by atoms with van der Waals surface area (Å²) in [5.74, 6) is 1.91. The Morgan fingerprint density at radius 2 is 1.95 bits per heavy atom. The van der Waals surface area contributed by atoms with Crippen LogP contribution in [0.4, 0.5) is 11.4 Å². The second kappa shape index (κ2) is 6.69. The summed E-state index contributed by atoms with van der Waals surface area (Å²) in [6, 6.07) is 5.58. The van der Waals surface area contributed by atoms with Crippen LogP contribution in [0, 0.1) is 0 Å². The highest BCUT2D eigenvalue weighted by atomic mass is 35.5. The van der Waals surface area contributed by atoms with Gasteiger partial charge in [0.25, 0.3) is 5.91 Å². The number of benzene rings is 1. The normalized spacial score (nSPS) is 20.9. The molecule has 1 aromatic rings. The molecular formula is C16H21ClN2O2S. The predicted octanol–water partition coefficient (Wildman–Crippen LogP) is 3.14. The number of amides is 1. The van der Waals surface area contributed by atoms with Crippen LogP contribution in [0.2, 0.25) is 5.02 Å². The first-order valence-corrected chi connectivity index (χ1v) is 9.28. The Balaban J connectivity index is 1.70. The summed E-state index contributed by atoms with van der Waals surface area (Å²) in [6.45, 7) is 1.99. The Kier molecular flexibility index (Phi) is 4.85. The van der Waals surface area contributed by atoms with Crippen molar-refractivity contribution in [2.45, 2.75) is 31.3 Å². The summed E-state index contributed by atoms with van der Waals surface area (Å²) >= 11 is 8.33. The molecule has 1 aliphatic carbocycles. The van der Waals surface area contributed by atoms with Crippen LogP contribution in [0.5, 0.6) is 0 Å². The van der Waals surface area contributed by atoms with Crippen molar-refractivity contribution in [2.75, 3.05) is 34.8 Å². The standard InChI is InChI=1S/C16H21ClN2O2S/c17-13-11-12(18-15(20)16(21)5-1-2-6-16)3-4-14(13)19-7-9-22-10-8-19/h3-4,11,21H,1-2,5-10H2,(H,18,20). The van der Waals surface area contributed by atoms with E-state index in [1.165, 1.54) is 0 Å². The molecule has 6 heteroatoms. The van der Waals surface area contributed by atoms with Crippen LogP contribution >= 0.6 is 23.4 Å². The fraction of sp³-hybridized carbons (Fsp3) is 0.562. The highest BCUT2D eigenvalue weighted by Gasteiger charge is 2.38. The first-order chi connectivity index (χ1) is 10.6. The van der Waals surface area contributed by atoms with Gasteiger partial charge >= 0.3 is 0 Å². The zero-order valence-electron chi connectivity index (χ0n) is 12.5. The maximum absolute atomic E-state index is 12.2. The molecule has 2 aliphatic rings. The number of thioether (sulfide) groups is 1. The molecule has 3 rings (SSSR count). The maximum atomic E-state index is 12.2. The van der Waals surface area contributed by atoms with Crippen LogP contribution in [0.15, 0.2) is 18.2 Å². The first kappa shape index (κ1) is 16.0. The van der Waals surface area contributed by atoms with Gasteiger partial charge in [-0.15, -0.1) is 0 Å². The molecule has 1 saturated heterocycles. The Hall–Kier alpha value is -0.910. The summed E-state index contributed by atoms with van der Waals surface area (Å²) in [5, 5.41) is 13.7. The Morgan fingerprint density at radius 3 is 2.59 bits per heavy atom. The molecule has 22 heavy (non-hydrogen) atoms. The van der Waals surface area contributed by atoms with Crippen molar-refractivity contribution in [3.05, 3.63) is 23.2 Å². The quantitative estimate of drug-likeness (QED) is 0.887. The SMILES string of the molecule is O=C(Nc1ccc(N2CCSCC2)c(Cl)c1)C1(O)CCCC1. The Bertz CT molecular complexity index is 555. The zero-order chi connectivity index (χ0) is 15.6. The number of aliphatic hydroxyl groups is 1. The van der Waals surface area contributed by atoms with Gasteiger partial charge in [0, 0.05) is 30.3 Å². The van der Waals surface area contributed by atoms with Gasteiger partial charge in [0.05, 0.1) is 10.7 Å². The number of hydrogen-bond donors (Lipinski definition) is 2. The van der Waals surface area contributed by atoms with Crippen molar-refractivity contribution >= 4 is 40.6 Å². The van der Waals surface area contributed by atoms with E-state index in [0.717, 1.165) is 43.1 Å². The van der Waals surface area contributed by atoms with Gasteiger partial charge in [0.2, 0.25) is 0 Å². The van der Waals surface area contributed by atoms with Gasteiger partial charge in [-0.2, -0.15) is 11.8 Å². The molecular weight excluding hydrogens is 320 g/mol. The summed E-state index contributed by atoms with van der Waals surface area (Å²) in [4.78, 5) is 14.5. The van der Waals surface area contributed by atoms with Gasteiger partial charge in [-0.3, -0.25) is 4.79 Å². The van der Waals surface area contributed by atoms with Crippen LogP contribution in [-0.4, -0.2) is 41.2 Å². The number of nitrogens with zero attached hydrogens (tertiary/aromatic N) is 1. The third kappa shape index (κ3) is 3.36. The third-order valence-electron chi connectivity index (χ3n) is 4.41. The molecule has 0 radical (unpaired) electrons. The van der Waals surface area contributed by atoms with Crippen LogP contribution < -0.4 is 10.2 Å². The molecule has 1 heterocycles. The summed E-state index contributed by atoms with van der Waals surface area (Å²) in [7, 11) is 0. The van der Waals surface area contributed by atoms with E-state index in [0.29, 0.717) is 23.6 Å². The van der Waals surface area contributed by atoms with E-state index in [1.54, 1.807) is 6.07 Å². The maximum Gasteiger partial charge on any atom is 0.256 e. The van der Waals surface area contributed by atoms with E-state index in [2.05, 4.69) is 10.2 Å². The van der Waals surface area contributed by atoms with Crippen LogP contribution in [-0.2, 0) is 4.79 Å². The molecule has 2 N–H and O–H groups in total. The monoisotopic (exact) mass is 340 g/mol. The average Bonchev–Trinajstić information content (AvgIpc) is 2.96. The van der Waals surface area contributed by atoms with E-state index >= 15 is 0 Å². The average molecular weight is 341 g/mol. The molecule has 1 aliphatic heterocycles. The van der Waals surface area contributed by atoms with E-state index in [1.807, 2.05) is 23.9 Å². The lowest BCUT2D eigenvalue weighted by Crippen LogP contribution is -2.40. The smallest absolute Gasteiger partial charge is 0.256 e. The lowest BCUT2D eigenvalue weighted by Gasteiger charge is -2.29. The molecule has 1 amide bonds. The van der Waals surface area contributed by atoms with Crippen molar-refractivity contribution in [1.29, 1.82) is 0 Å². The second-order valence-corrected chi connectivity index (χ2v) is 7.59. The molecule has 2 fully saturated rings. The minimum atomic E-state index is -1.21. The lowest BCUT2D eigenvalue weighted by molar-refractivity contribution is -0.133. The molecule has 0 atom stereocenters. The number of rotatable bonds is 3. The molecule has 0 bridgehead atoms. The lowest BCUT2D eigenvalue weighted by atomic mass is 10.0. The minimum Gasteiger partial charge on any atom is -0.380 e. The number of carbonyl (C=O) groups is 1. The summed E-state index contributed by atoms with van der Waals surface area (Å²) < 4.78 is 0. The number of carbonyl (C=O) groups excluding carboxylic acids is 1. The minimum absolute atomic E-state index is 0.316. The van der Waals surface area contributed by atoms with Crippen LogP contribution in [0.3, 0.4) is 0 Å². The van der Waals surface area contributed by atoms with Crippen molar-refractivity contribution in [1.82, 2.24) is 0 Å². The highest BCUT2D eigenvalue weighted by Crippen LogP contribution is 2.33. The van der Waals surface area contributed by atoms with Gasteiger partial charge < -0.3 is 15.3 Å². The van der Waals surface area contributed by atoms with Crippen molar-refractivity contribution in [3.8, 4) is 0 Å². The number of hydrogen-bond acceptors (Lipinski definition) is 4. The first-order valence-electron chi connectivity index (χ1n) is 7.75. The molecule has 1 saturated carbocycles. The molecule has 0 aromatic heterocycles. The Morgan fingerprint density at radius 1 is 1.27 bits per heavy atom. The Labute approximate surface area is 140 Å². The molecule has 1 aromatic carbocycles. The second-order valence-electron chi connectivity index (χ2n) is 5.96. The largest absolute Gasteiger partial charge is 0.380 e. The fourth-order valence-corrected chi connectivity index (χ4v) is 4.28. The van der Waals surface area contributed by atoms with E-state index in [4.69, 9.17) is 11.6 Å². The predicted molar refractivity (Wildman–Crippen MR) is 93.0 cm³/mol. The van der Waals surface area contributed by atoms with E-state index < -0.39 is 5.60 Å². The van der Waals surface area contributed by atoms with Crippen LogP contribution in [0.25, 0.3) is 0 Å². The molecule has 0 unspecified atom stereocenters. The van der Waals surface area contributed by atoms with E-state index in [9.17, 15) is 9.90 Å². The van der Waals surface area contributed by atoms with Gasteiger partial charge in [0.1, 0.15) is 5.60 Å². The summed E-state index contributed by atoms with van der Waals surface area (Å²) in [5.41, 5.74) is 0.444. The van der Waals surface area contributed by atoms with Crippen LogP contribution in [0.1, 0.15) is 25.7 Å².